The van der Waals surface area contributed by atoms with Crippen LogP contribution in [-0.2, 0) is 62.2 Å². The summed E-state index contributed by atoms with van der Waals surface area (Å²) in [6, 6.07) is 42.9. The number of rotatable bonds is 7. The molecular weight excluding hydrogens is 990 g/mol. The lowest BCUT2D eigenvalue weighted by molar-refractivity contribution is 0.195. The van der Waals surface area contributed by atoms with Crippen molar-refractivity contribution in [2.45, 2.75) is 256 Å². The smallest absolute Gasteiger partial charge is 0.0888 e. The van der Waals surface area contributed by atoms with Gasteiger partial charge in [-0.1, -0.05) is 166 Å². The molecule has 1 fully saturated rings. The van der Waals surface area contributed by atoms with Gasteiger partial charge in [0.05, 0.1) is 21.9 Å². The zero-order valence-corrected chi connectivity index (χ0v) is 50.9. The van der Waals surface area contributed by atoms with Crippen molar-refractivity contribution in [2.24, 2.45) is 0 Å². The standard InChI is InChI=1S/C76H96ClN3/c1-74(2,3)63-40-45-70-69(52-63)75(4)46-26-27-47-76(75,5)80(70)68-53-71(78(64-41-36-55-28-18-10-6-14-22-32-59(55)48-64)65-42-37-56-29-19-11-7-15-23-33-60(56)49-65)73(77)72(54-68)79(66-43-38-57-30-20-12-8-16-24-34-61(57)50-66)67-44-39-58-31-21-13-9-17-25-35-62(58)51-67/h36-45,48-54H,6-35,46-47H2,1-5H3. The molecule has 0 spiro atoms. The van der Waals surface area contributed by atoms with E-state index in [1.165, 1.54) is 237 Å². The third-order valence-electron chi connectivity index (χ3n) is 21.1. The molecule has 1 aliphatic heterocycles. The van der Waals surface area contributed by atoms with Crippen molar-refractivity contribution in [1.29, 1.82) is 0 Å². The van der Waals surface area contributed by atoms with Gasteiger partial charge in [0.25, 0.3) is 0 Å². The summed E-state index contributed by atoms with van der Waals surface area (Å²) in [6.07, 6.45) is 39.9. The Morgan fingerprint density at radius 3 is 1.07 bits per heavy atom. The van der Waals surface area contributed by atoms with Gasteiger partial charge in [0.15, 0.2) is 0 Å². The van der Waals surface area contributed by atoms with Crippen LogP contribution in [0.25, 0.3) is 0 Å². The van der Waals surface area contributed by atoms with Crippen molar-refractivity contribution in [3.63, 3.8) is 0 Å². The van der Waals surface area contributed by atoms with Crippen molar-refractivity contribution in [2.75, 3.05) is 14.7 Å². The SMILES string of the molecule is CC(C)(C)c1ccc2c(c1)C1(C)CCCCC1(C)N2c1cc(N(c2ccc3c(c2)CCCCCCC3)c2ccc3c(c2)CCCCCCC3)c(Cl)c(N(c2ccc3c(c2)CCCCCCC3)c2ccc3c(c2)CCCCCCC3)c1. The minimum atomic E-state index is -0.160. The van der Waals surface area contributed by atoms with Crippen LogP contribution >= 0.6 is 11.6 Å². The van der Waals surface area contributed by atoms with Crippen LogP contribution in [0.15, 0.2) is 103 Å². The van der Waals surface area contributed by atoms with Crippen LogP contribution in [0.5, 0.6) is 0 Å². The molecule has 2 unspecified atom stereocenters. The summed E-state index contributed by atoms with van der Waals surface area (Å²) in [4.78, 5) is 8.10. The van der Waals surface area contributed by atoms with Crippen LogP contribution in [-0.4, -0.2) is 5.54 Å². The minimum Gasteiger partial charge on any atom is -0.334 e. The first-order valence-corrected chi connectivity index (χ1v) is 33.2. The Morgan fingerprint density at radius 1 is 0.375 bits per heavy atom. The van der Waals surface area contributed by atoms with Crippen LogP contribution in [0.4, 0.5) is 45.5 Å². The van der Waals surface area contributed by atoms with Gasteiger partial charge in [-0.2, -0.15) is 0 Å². The van der Waals surface area contributed by atoms with Crippen molar-refractivity contribution in [3.05, 3.63) is 164 Å². The van der Waals surface area contributed by atoms with E-state index in [-0.39, 0.29) is 16.4 Å². The Bertz CT molecular complexity index is 2870. The van der Waals surface area contributed by atoms with Gasteiger partial charge in [-0.3, -0.25) is 0 Å². The lowest BCUT2D eigenvalue weighted by atomic mass is 9.61. The molecule has 80 heavy (non-hydrogen) atoms. The average molecular weight is 1090 g/mol. The van der Waals surface area contributed by atoms with Crippen LogP contribution < -0.4 is 14.7 Å². The first-order valence-electron chi connectivity index (χ1n) is 32.8. The van der Waals surface area contributed by atoms with Gasteiger partial charge in [0.1, 0.15) is 0 Å². The summed E-state index contributed by atoms with van der Waals surface area (Å²) in [6.45, 7) is 12.4. The molecule has 0 bridgehead atoms. The van der Waals surface area contributed by atoms with Crippen molar-refractivity contribution in [1.82, 2.24) is 0 Å². The number of aryl methyl sites for hydroxylation is 8. The van der Waals surface area contributed by atoms with Gasteiger partial charge in [0, 0.05) is 39.5 Å². The molecule has 4 heteroatoms. The van der Waals surface area contributed by atoms with Gasteiger partial charge in [-0.25, -0.2) is 0 Å². The molecule has 0 amide bonds. The second kappa shape index (κ2) is 24.1. The number of halogens is 1. The predicted molar refractivity (Wildman–Crippen MR) is 344 cm³/mol. The zero-order chi connectivity index (χ0) is 54.8. The van der Waals surface area contributed by atoms with Gasteiger partial charge in [-0.15, -0.1) is 0 Å². The first-order chi connectivity index (χ1) is 39.0. The highest BCUT2D eigenvalue weighted by atomic mass is 35.5. The summed E-state index contributed by atoms with van der Waals surface area (Å²) in [5.74, 6) is 0. The summed E-state index contributed by atoms with van der Waals surface area (Å²) in [7, 11) is 0. The van der Waals surface area contributed by atoms with E-state index in [1.807, 2.05) is 0 Å². The van der Waals surface area contributed by atoms with Crippen LogP contribution in [0.2, 0.25) is 5.02 Å². The maximum absolute atomic E-state index is 8.70. The maximum Gasteiger partial charge on any atom is 0.0888 e. The van der Waals surface area contributed by atoms with E-state index in [4.69, 9.17) is 11.6 Å². The van der Waals surface area contributed by atoms with E-state index in [2.05, 4.69) is 152 Å². The molecule has 12 rings (SSSR count). The van der Waals surface area contributed by atoms with E-state index in [1.54, 1.807) is 0 Å². The van der Waals surface area contributed by atoms with E-state index in [9.17, 15) is 0 Å². The highest BCUT2D eigenvalue weighted by Gasteiger charge is 2.58. The molecule has 5 aliphatic carbocycles. The summed E-state index contributed by atoms with van der Waals surface area (Å²) >= 11 is 8.70. The van der Waals surface area contributed by atoms with Crippen molar-refractivity contribution < 1.29 is 0 Å². The van der Waals surface area contributed by atoms with Crippen LogP contribution in [0.3, 0.4) is 0 Å². The largest absolute Gasteiger partial charge is 0.334 e. The highest BCUT2D eigenvalue weighted by Crippen LogP contribution is 2.63. The van der Waals surface area contributed by atoms with E-state index >= 15 is 0 Å². The number of anilines is 8. The molecular formula is C76H96ClN3. The quantitative estimate of drug-likeness (QED) is 0.158. The normalized spacial score (nSPS) is 22.1. The number of benzene rings is 6. The third kappa shape index (κ3) is 11.2. The molecule has 0 saturated heterocycles. The molecule has 1 heterocycles. The lowest BCUT2D eigenvalue weighted by Gasteiger charge is -2.50. The topological polar surface area (TPSA) is 9.72 Å². The Hall–Kier alpha value is -4.99. The highest BCUT2D eigenvalue weighted by molar-refractivity contribution is 6.37. The monoisotopic (exact) mass is 1090 g/mol. The summed E-state index contributed by atoms with van der Waals surface area (Å²) < 4.78 is 0. The minimum absolute atomic E-state index is 0.0348. The molecule has 6 aromatic carbocycles. The molecule has 6 aliphatic rings. The van der Waals surface area contributed by atoms with Crippen molar-refractivity contribution in [3.8, 4) is 0 Å². The van der Waals surface area contributed by atoms with Gasteiger partial charge in [0.2, 0.25) is 0 Å². The van der Waals surface area contributed by atoms with Gasteiger partial charge < -0.3 is 14.7 Å². The van der Waals surface area contributed by atoms with E-state index in [0.717, 1.165) is 74.2 Å². The second-order valence-corrected chi connectivity index (χ2v) is 27.9. The van der Waals surface area contributed by atoms with Crippen LogP contribution in [0.1, 0.15) is 244 Å². The first kappa shape index (κ1) is 55.5. The second-order valence-electron chi connectivity index (χ2n) is 27.5. The summed E-state index contributed by atoms with van der Waals surface area (Å²) in [5.41, 5.74) is 24.7. The fourth-order valence-electron chi connectivity index (χ4n) is 16.1. The predicted octanol–water partition coefficient (Wildman–Crippen LogP) is 22.5. The Labute approximate surface area is 489 Å². The molecule has 0 radical (unpaired) electrons. The lowest BCUT2D eigenvalue weighted by Crippen LogP contribution is -2.54. The molecule has 6 aromatic rings. The average Bonchev–Trinajstić information content (AvgIpc) is 3.32. The fraction of sp³-hybridized carbons (Fsp3) is 0.526. The molecule has 0 aromatic heterocycles. The van der Waals surface area contributed by atoms with Gasteiger partial charge in [-0.05, 0) is 250 Å². The Kier molecular flexibility index (Phi) is 16.7. The van der Waals surface area contributed by atoms with Gasteiger partial charge >= 0.3 is 0 Å². The number of fused-ring (bicyclic) bond motifs is 7. The molecule has 0 N–H and O–H groups in total. The number of nitrogens with zero attached hydrogens (tertiary/aromatic N) is 3. The van der Waals surface area contributed by atoms with E-state index < -0.39 is 0 Å². The van der Waals surface area contributed by atoms with E-state index in [0.29, 0.717) is 0 Å². The Morgan fingerprint density at radius 2 is 0.713 bits per heavy atom. The molecule has 1 saturated carbocycles. The third-order valence-corrected chi connectivity index (χ3v) is 21.5. The van der Waals surface area contributed by atoms with Crippen LogP contribution in [0, 0.1) is 0 Å². The fourth-order valence-corrected chi connectivity index (χ4v) is 16.3. The number of hydrogen-bond acceptors (Lipinski definition) is 3. The summed E-state index contributed by atoms with van der Waals surface area (Å²) in [5, 5.41) is 0.812. The maximum atomic E-state index is 8.70. The zero-order valence-electron chi connectivity index (χ0n) is 50.2. The Balaban J connectivity index is 1.15. The van der Waals surface area contributed by atoms with Crippen molar-refractivity contribution >= 4 is 57.1 Å². The number of hydrogen-bond donors (Lipinski definition) is 0. The molecule has 422 valence electrons. The molecule has 3 nitrogen and oxygen atoms in total. The molecule has 2 atom stereocenters.